The average molecular weight is 246 g/mol. The molecule has 0 saturated carbocycles. The zero-order valence-electron chi connectivity index (χ0n) is 10.2. The highest BCUT2D eigenvalue weighted by Gasteiger charge is 2.03. The van der Waals surface area contributed by atoms with Crippen LogP contribution in [0.25, 0.3) is 5.69 Å². The van der Waals surface area contributed by atoms with Gasteiger partial charge in [-0.05, 0) is 34.7 Å². The molecule has 0 aliphatic rings. The summed E-state index contributed by atoms with van der Waals surface area (Å²) in [7, 11) is 3.45. The molecule has 7 nitrogen and oxygen atoms in total. The molecule has 7 heteroatoms. The predicted octanol–water partition coefficient (Wildman–Crippen LogP) is 0.162. The maximum atomic E-state index is 11.4. The van der Waals surface area contributed by atoms with E-state index in [1.165, 1.54) is 6.33 Å². The zero-order valence-corrected chi connectivity index (χ0v) is 10.2. The normalized spacial score (nSPS) is 10.1. The monoisotopic (exact) mass is 246 g/mol. The number of likely N-dealkylation sites (N-methyl/N-ethyl adjacent to an activating group) is 1. The Kier molecular flexibility index (Phi) is 3.52. The van der Waals surface area contributed by atoms with Crippen molar-refractivity contribution in [2.45, 2.75) is 0 Å². The molecule has 94 valence electrons. The summed E-state index contributed by atoms with van der Waals surface area (Å²) < 4.78 is 1.56. The lowest BCUT2D eigenvalue weighted by Crippen LogP contribution is -2.28. The van der Waals surface area contributed by atoms with Gasteiger partial charge in [-0.1, -0.05) is 0 Å². The van der Waals surface area contributed by atoms with Crippen LogP contribution in [0.1, 0.15) is 0 Å². The minimum Gasteiger partial charge on any atom is -0.376 e. The number of benzene rings is 1. The van der Waals surface area contributed by atoms with Crippen molar-refractivity contribution in [3.63, 3.8) is 0 Å². The van der Waals surface area contributed by atoms with E-state index >= 15 is 0 Å². The Morgan fingerprint density at radius 2 is 2.06 bits per heavy atom. The van der Waals surface area contributed by atoms with Gasteiger partial charge in [0, 0.05) is 19.8 Å². The number of tetrazole rings is 1. The van der Waals surface area contributed by atoms with Crippen molar-refractivity contribution in [1.29, 1.82) is 0 Å². The molecule has 0 saturated heterocycles. The van der Waals surface area contributed by atoms with Crippen LogP contribution in [0.3, 0.4) is 0 Å². The third kappa shape index (κ3) is 2.82. The highest BCUT2D eigenvalue weighted by atomic mass is 16.2. The summed E-state index contributed by atoms with van der Waals surface area (Å²) >= 11 is 0. The number of hydrogen-bond acceptors (Lipinski definition) is 5. The molecular formula is C11H14N6O. The van der Waals surface area contributed by atoms with Crippen LogP contribution in [0.5, 0.6) is 0 Å². The van der Waals surface area contributed by atoms with Crippen LogP contribution in [0.2, 0.25) is 0 Å². The summed E-state index contributed by atoms with van der Waals surface area (Å²) in [5.41, 5.74) is 1.74. The third-order valence-electron chi connectivity index (χ3n) is 2.42. The van der Waals surface area contributed by atoms with Gasteiger partial charge in [-0.3, -0.25) is 4.79 Å². The third-order valence-corrected chi connectivity index (χ3v) is 2.42. The Labute approximate surface area is 104 Å². The number of aromatic nitrogens is 4. The van der Waals surface area contributed by atoms with Crippen molar-refractivity contribution in [3.05, 3.63) is 30.6 Å². The molecule has 0 atom stereocenters. The number of nitrogens with zero attached hydrogens (tertiary/aromatic N) is 5. The van der Waals surface area contributed by atoms with Crippen LogP contribution >= 0.6 is 0 Å². The lowest BCUT2D eigenvalue weighted by atomic mass is 10.3. The first-order chi connectivity index (χ1) is 8.66. The molecule has 0 spiro atoms. The van der Waals surface area contributed by atoms with E-state index in [9.17, 15) is 4.79 Å². The molecule has 1 aromatic heterocycles. The summed E-state index contributed by atoms with van der Waals surface area (Å²) in [6.07, 6.45) is 1.53. The highest BCUT2D eigenvalue weighted by molar-refractivity contribution is 5.80. The van der Waals surface area contributed by atoms with Gasteiger partial charge in [0.2, 0.25) is 5.91 Å². The molecule has 1 N–H and O–H groups in total. The van der Waals surface area contributed by atoms with E-state index in [-0.39, 0.29) is 12.5 Å². The Balaban J connectivity index is 1.98. The van der Waals surface area contributed by atoms with E-state index < -0.39 is 0 Å². The second kappa shape index (κ2) is 5.26. The van der Waals surface area contributed by atoms with Crippen LogP contribution in [0.15, 0.2) is 30.6 Å². The van der Waals surface area contributed by atoms with Crippen molar-refractivity contribution < 1.29 is 4.79 Å². The second-order valence-electron chi connectivity index (χ2n) is 3.94. The maximum Gasteiger partial charge on any atom is 0.241 e. The first-order valence-electron chi connectivity index (χ1n) is 5.44. The molecule has 0 fully saturated rings. The Bertz CT molecular complexity index is 505. The van der Waals surface area contributed by atoms with E-state index in [2.05, 4.69) is 20.8 Å². The van der Waals surface area contributed by atoms with Gasteiger partial charge in [0.25, 0.3) is 0 Å². The zero-order chi connectivity index (χ0) is 13.0. The topological polar surface area (TPSA) is 75.9 Å². The molecule has 1 aromatic carbocycles. The van der Waals surface area contributed by atoms with E-state index in [0.717, 1.165) is 11.4 Å². The number of hydrogen-bond donors (Lipinski definition) is 1. The predicted molar refractivity (Wildman–Crippen MR) is 66.3 cm³/mol. The smallest absolute Gasteiger partial charge is 0.241 e. The molecule has 0 unspecified atom stereocenters. The minimum absolute atomic E-state index is 0.0274. The van der Waals surface area contributed by atoms with Gasteiger partial charge in [-0.15, -0.1) is 5.10 Å². The summed E-state index contributed by atoms with van der Waals surface area (Å²) in [4.78, 5) is 12.9. The van der Waals surface area contributed by atoms with E-state index in [0.29, 0.717) is 0 Å². The standard InChI is InChI=1S/C11H14N6O/c1-16(2)11(18)7-12-9-3-5-10(6-4-9)17-8-13-14-15-17/h3-6,8,12H,7H2,1-2H3. The van der Waals surface area contributed by atoms with Crippen LogP contribution in [0, 0.1) is 0 Å². The van der Waals surface area contributed by atoms with Gasteiger partial charge >= 0.3 is 0 Å². The highest BCUT2D eigenvalue weighted by Crippen LogP contribution is 2.11. The Morgan fingerprint density at radius 1 is 1.33 bits per heavy atom. The van der Waals surface area contributed by atoms with E-state index in [1.807, 2.05) is 24.3 Å². The second-order valence-corrected chi connectivity index (χ2v) is 3.94. The molecule has 0 radical (unpaired) electrons. The Morgan fingerprint density at radius 3 is 2.61 bits per heavy atom. The van der Waals surface area contributed by atoms with Crippen molar-refractivity contribution in [1.82, 2.24) is 25.1 Å². The van der Waals surface area contributed by atoms with E-state index in [1.54, 1.807) is 23.7 Å². The molecular weight excluding hydrogens is 232 g/mol. The molecule has 1 amide bonds. The van der Waals surface area contributed by atoms with Gasteiger partial charge in [0.15, 0.2) is 0 Å². The van der Waals surface area contributed by atoms with Crippen LogP contribution in [0.4, 0.5) is 5.69 Å². The molecule has 0 aliphatic heterocycles. The molecule has 2 aromatic rings. The number of nitrogens with one attached hydrogen (secondary N) is 1. The Hall–Kier alpha value is -2.44. The van der Waals surface area contributed by atoms with Crippen LogP contribution in [-0.4, -0.2) is 51.7 Å². The van der Waals surface area contributed by atoms with Crippen LogP contribution < -0.4 is 5.32 Å². The molecule has 0 bridgehead atoms. The quantitative estimate of drug-likeness (QED) is 0.831. The van der Waals surface area contributed by atoms with Gasteiger partial charge in [0.05, 0.1) is 12.2 Å². The van der Waals surface area contributed by atoms with Crippen molar-refractivity contribution in [2.24, 2.45) is 0 Å². The number of anilines is 1. The summed E-state index contributed by atoms with van der Waals surface area (Å²) in [5.74, 6) is 0.0274. The lowest BCUT2D eigenvalue weighted by molar-refractivity contribution is -0.126. The molecule has 0 aliphatic carbocycles. The SMILES string of the molecule is CN(C)C(=O)CNc1ccc(-n2cnnn2)cc1. The van der Waals surface area contributed by atoms with Crippen LogP contribution in [-0.2, 0) is 4.79 Å². The lowest BCUT2D eigenvalue weighted by Gasteiger charge is -2.11. The van der Waals surface area contributed by atoms with Crippen molar-refractivity contribution in [3.8, 4) is 5.69 Å². The number of carbonyl (C=O) groups is 1. The fourth-order valence-corrected chi connectivity index (χ4v) is 1.35. The fourth-order valence-electron chi connectivity index (χ4n) is 1.35. The summed E-state index contributed by atoms with van der Waals surface area (Å²) in [6, 6.07) is 7.50. The number of rotatable bonds is 4. The first-order valence-corrected chi connectivity index (χ1v) is 5.44. The summed E-state index contributed by atoms with van der Waals surface area (Å²) in [5, 5.41) is 14.0. The number of amides is 1. The summed E-state index contributed by atoms with van der Waals surface area (Å²) in [6.45, 7) is 0.275. The van der Waals surface area contributed by atoms with Gasteiger partial charge < -0.3 is 10.2 Å². The molecule has 2 rings (SSSR count). The van der Waals surface area contributed by atoms with Gasteiger partial charge in [-0.25, -0.2) is 4.68 Å². The minimum atomic E-state index is 0.0274. The first kappa shape index (κ1) is 12.0. The van der Waals surface area contributed by atoms with Crippen molar-refractivity contribution >= 4 is 11.6 Å². The number of carbonyl (C=O) groups excluding carboxylic acids is 1. The van der Waals surface area contributed by atoms with E-state index in [4.69, 9.17) is 0 Å². The molecule has 18 heavy (non-hydrogen) atoms. The van der Waals surface area contributed by atoms with Gasteiger partial charge in [0.1, 0.15) is 6.33 Å². The van der Waals surface area contributed by atoms with Crippen molar-refractivity contribution in [2.75, 3.05) is 26.0 Å². The molecule has 1 heterocycles. The fraction of sp³-hybridized carbons (Fsp3) is 0.273. The maximum absolute atomic E-state index is 11.4. The van der Waals surface area contributed by atoms with Gasteiger partial charge in [-0.2, -0.15) is 0 Å². The largest absolute Gasteiger partial charge is 0.376 e. The average Bonchev–Trinajstić information content (AvgIpc) is 2.90.